The number of nitrogens with zero attached hydrogens (tertiary/aromatic N) is 1. The summed E-state index contributed by atoms with van der Waals surface area (Å²) in [4.78, 5) is 26.5. The lowest BCUT2D eigenvalue weighted by molar-refractivity contribution is 0.0848. The molecule has 1 aromatic carbocycles. The molecule has 1 aliphatic rings. The molecule has 1 heterocycles. The first-order valence-corrected chi connectivity index (χ1v) is 11.2. The van der Waals surface area contributed by atoms with Crippen LogP contribution in [0.1, 0.15) is 43.8 Å². The van der Waals surface area contributed by atoms with Crippen LogP contribution in [0.15, 0.2) is 35.2 Å². The van der Waals surface area contributed by atoms with Crippen molar-refractivity contribution < 1.29 is 18.0 Å². The predicted octanol–water partition coefficient (Wildman–Crippen LogP) is 2.20. The third-order valence-electron chi connectivity index (χ3n) is 4.72. The van der Waals surface area contributed by atoms with Crippen molar-refractivity contribution in [3.8, 4) is 0 Å². The first-order valence-electron chi connectivity index (χ1n) is 8.93. The molecule has 0 bridgehead atoms. The molecule has 7 nitrogen and oxygen atoms in total. The molecule has 0 saturated carbocycles. The third kappa shape index (κ3) is 4.26. The summed E-state index contributed by atoms with van der Waals surface area (Å²) in [7, 11) is -0.805. The zero-order chi connectivity index (χ0) is 20.5. The average molecular weight is 422 g/mol. The first kappa shape index (κ1) is 20.5. The van der Waals surface area contributed by atoms with E-state index in [9.17, 15) is 18.0 Å². The largest absolute Gasteiger partial charge is 0.279 e. The molecule has 2 aromatic rings. The van der Waals surface area contributed by atoms with Crippen LogP contribution in [0.25, 0.3) is 0 Å². The van der Waals surface area contributed by atoms with E-state index in [0.717, 1.165) is 23.6 Å². The quantitative estimate of drug-likeness (QED) is 0.740. The van der Waals surface area contributed by atoms with E-state index in [1.54, 1.807) is 0 Å². The maximum atomic E-state index is 12.4. The first-order chi connectivity index (χ1) is 13.2. The smallest absolute Gasteiger partial charge is 0.267 e. The van der Waals surface area contributed by atoms with Gasteiger partial charge in [-0.25, -0.2) is 12.7 Å². The molecule has 0 fully saturated rings. The highest BCUT2D eigenvalue weighted by Crippen LogP contribution is 2.32. The van der Waals surface area contributed by atoms with Crippen molar-refractivity contribution in [1.82, 2.24) is 15.2 Å². The number of fused-ring (bicyclic) bond motifs is 1. The highest BCUT2D eigenvalue weighted by Gasteiger charge is 2.22. The number of carbonyl (C=O) groups is 2. The van der Waals surface area contributed by atoms with Crippen LogP contribution in [0, 0.1) is 5.92 Å². The van der Waals surface area contributed by atoms with E-state index >= 15 is 0 Å². The number of hydrazine groups is 1. The minimum absolute atomic E-state index is 0.0107. The lowest BCUT2D eigenvalue weighted by atomic mass is 9.90. The molecular weight excluding hydrogens is 398 g/mol. The molecule has 2 amide bonds. The number of benzene rings is 1. The van der Waals surface area contributed by atoms with Gasteiger partial charge in [0.05, 0.1) is 9.77 Å². The Morgan fingerprint density at radius 3 is 2.57 bits per heavy atom. The molecule has 0 spiro atoms. The van der Waals surface area contributed by atoms with Gasteiger partial charge in [0.2, 0.25) is 10.0 Å². The summed E-state index contributed by atoms with van der Waals surface area (Å²) in [6.07, 6.45) is 3.07. The van der Waals surface area contributed by atoms with Crippen LogP contribution in [0.3, 0.4) is 0 Å². The number of nitrogens with one attached hydrogen (secondary N) is 2. The number of hydrogen-bond donors (Lipinski definition) is 2. The number of hydrogen-bond acceptors (Lipinski definition) is 5. The number of rotatable bonds is 4. The van der Waals surface area contributed by atoms with Gasteiger partial charge in [-0.3, -0.25) is 20.4 Å². The number of aryl methyl sites for hydroxylation is 1. The molecule has 150 valence electrons. The molecule has 1 aromatic heterocycles. The highest BCUT2D eigenvalue weighted by atomic mass is 32.2. The Morgan fingerprint density at radius 1 is 1.14 bits per heavy atom. The Bertz CT molecular complexity index is 1010. The minimum atomic E-state index is -3.65. The van der Waals surface area contributed by atoms with Crippen LogP contribution in [-0.2, 0) is 22.9 Å². The number of sulfonamides is 1. The lowest BCUT2D eigenvalue weighted by Crippen LogP contribution is -2.41. The molecule has 2 N–H and O–H groups in total. The summed E-state index contributed by atoms with van der Waals surface area (Å²) in [5.41, 5.74) is 6.12. The van der Waals surface area contributed by atoms with Crippen molar-refractivity contribution in [1.29, 1.82) is 0 Å². The molecule has 0 aliphatic heterocycles. The standard InChI is InChI=1S/C19H23N3O4S2/c1-12-7-8-16-14(9-12)11-17(27-16)19(24)21-20-18(23)13-5-4-6-15(10-13)28(25,26)22(2)3/h4-6,10-12H,7-9H2,1-3H3,(H,20,23)(H,21,24)/t12-/m0/s1. The Balaban J connectivity index is 1.67. The van der Waals surface area contributed by atoms with Gasteiger partial charge in [0.1, 0.15) is 0 Å². The van der Waals surface area contributed by atoms with Crippen LogP contribution < -0.4 is 10.9 Å². The van der Waals surface area contributed by atoms with Crippen molar-refractivity contribution in [3.05, 3.63) is 51.2 Å². The van der Waals surface area contributed by atoms with Crippen LogP contribution >= 0.6 is 11.3 Å². The molecule has 1 aliphatic carbocycles. The summed E-state index contributed by atoms with van der Waals surface area (Å²) < 4.78 is 25.5. The fourth-order valence-corrected chi connectivity index (χ4v) is 5.13. The molecule has 0 radical (unpaired) electrons. The average Bonchev–Trinajstić information content (AvgIpc) is 3.09. The predicted molar refractivity (Wildman–Crippen MR) is 108 cm³/mol. The van der Waals surface area contributed by atoms with E-state index in [4.69, 9.17) is 0 Å². The summed E-state index contributed by atoms with van der Waals surface area (Å²) in [5.74, 6) is -0.347. The van der Waals surface area contributed by atoms with Gasteiger partial charge in [0.15, 0.2) is 0 Å². The van der Waals surface area contributed by atoms with Crippen LogP contribution in [0.5, 0.6) is 0 Å². The van der Waals surface area contributed by atoms with Crippen LogP contribution in [0.4, 0.5) is 0 Å². The van der Waals surface area contributed by atoms with Gasteiger partial charge in [-0.05, 0) is 55.0 Å². The number of carbonyl (C=O) groups excluding carboxylic acids is 2. The van der Waals surface area contributed by atoms with Crippen LogP contribution in [-0.4, -0.2) is 38.6 Å². The van der Waals surface area contributed by atoms with Gasteiger partial charge in [0, 0.05) is 24.5 Å². The fourth-order valence-electron chi connectivity index (χ4n) is 3.07. The Kier molecular flexibility index (Phi) is 5.87. The second-order valence-corrected chi connectivity index (χ2v) is 10.4. The summed E-state index contributed by atoms with van der Waals surface area (Å²) in [6.45, 7) is 2.20. The lowest BCUT2D eigenvalue weighted by Gasteiger charge is -2.16. The van der Waals surface area contributed by atoms with Crippen molar-refractivity contribution >= 4 is 33.2 Å². The van der Waals surface area contributed by atoms with E-state index in [0.29, 0.717) is 10.8 Å². The molecule has 1 atom stereocenters. The fraction of sp³-hybridized carbons (Fsp3) is 0.368. The van der Waals surface area contributed by atoms with Gasteiger partial charge in [-0.2, -0.15) is 0 Å². The van der Waals surface area contributed by atoms with Gasteiger partial charge >= 0.3 is 0 Å². The van der Waals surface area contributed by atoms with Gasteiger partial charge in [0.25, 0.3) is 11.8 Å². The maximum absolute atomic E-state index is 12.4. The van der Waals surface area contributed by atoms with Gasteiger partial charge in [-0.1, -0.05) is 13.0 Å². The zero-order valence-corrected chi connectivity index (χ0v) is 17.6. The Morgan fingerprint density at radius 2 is 1.86 bits per heavy atom. The van der Waals surface area contributed by atoms with E-state index in [2.05, 4.69) is 17.8 Å². The monoisotopic (exact) mass is 421 g/mol. The van der Waals surface area contributed by atoms with Crippen molar-refractivity contribution in [2.45, 2.75) is 31.1 Å². The topological polar surface area (TPSA) is 95.6 Å². The van der Waals surface area contributed by atoms with Gasteiger partial charge < -0.3 is 0 Å². The summed E-state index contributed by atoms with van der Waals surface area (Å²) in [6, 6.07) is 7.56. The molecule has 3 rings (SSSR count). The van der Waals surface area contributed by atoms with Gasteiger partial charge in [-0.15, -0.1) is 11.3 Å². The van der Waals surface area contributed by atoms with Crippen molar-refractivity contribution in [2.24, 2.45) is 5.92 Å². The molecule has 28 heavy (non-hydrogen) atoms. The Labute approximate surface area is 168 Å². The van der Waals surface area contributed by atoms with Crippen molar-refractivity contribution in [3.63, 3.8) is 0 Å². The van der Waals surface area contributed by atoms with E-state index in [1.165, 1.54) is 60.1 Å². The molecule has 9 heteroatoms. The SMILES string of the molecule is C[C@H]1CCc2sc(C(=O)NNC(=O)c3cccc(S(=O)(=O)N(C)C)c3)cc2C1. The number of amides is 2. The highest BCUT2D eigenvalue weighted by molar-refractivity contribution is 7.89. The third-order valence-corrected chi connectivity index (χ3v) is 7.76. The van der Waals surface area contributed by atoms with Crippen LogP contribution in [0.2, 0.25) is 0 Å². The molecular formula is C19H23N3O4S2. The normalized spacial score (nSPS) is 16.5. The van der Waals surface area contributed by atoms with E-state index in [1.807, 2.05) is 6.07 Å². The van der Waals surface area contributed by atoms with Crippen molar-refractivity contribution in [2.75, 3.05) is 14.1 Å². The second kappa shape index (κ2) is 8.02. The summed E-state index contributed by atoms with van der Waals surface area (Å²) >= 11 is 1.45. The zero-order valence-electron chi connectivity index (χ0n) is 16.0. The summed E-state index contributed by atoms with van der Waals surface area (Å²) in [5, 5.41) is 0. The molecule has 0 saturated heterocycles. The van der Waals surface area contributed by atoms with E-state index in [-0.39, 0.29) is 16.4 Å². The molecule has 0 unspecified atom stereocenters. The maximum Gasteiger partial charge on any atom is 0.279 e. The second-order valence-electron chi connectivity index (χ2n) is 7.13. The Hall–Kier alpha value is -2.23. The minimum Gasteiger partial charge on any atom is -0.267 e. The number of thiophene rings is 1. The van der Waals surface area contributed by atoms with E-state index < -0.39 is 15.9 Å².